The van der Waals surface area contributed by atoms with Crippen molar-refractivity contribution in [2.45, 2.75) is 19.9 Å². The van der Waals surface area contributed by atoms with Crippen molar-refractivity contribution in [3.63, 3.8) is 0 Å². The Hall–Kier alpha value is -2.11. The summed E-state index contributed by atoms with van der Waals surface area (Å²) >= 11 is 0. The number of amides is 2. The molecule has 0 aliphatic heterocycles. The number of urea groups is 1. The van der Waals surface area contributed by atoms with E-state index in [1.54, 1.807) is 6.92 Å². The number of carboxylic acid groups (broad SMARTS) is 1. The molecule has 0 spiro atoms. The first-order valence-corrected chi connectivity index (χ1v) is 4.96. The zero-order chi connectivity index (χ0) is 13.0. The molecular formula is C11H13FN2O3. The monoisotopic (exact) mass is 240 g/mol. The lowest BCUT2D eigenvalue weighted by Crippen LogP contribution is -2.40. The first kappa shape index (κ1) is 13.0. The van der Waals surface area contributed by atoms with E-state index in [-0.39, 0.29) is 0 Å². The number of carboxylic acids is 1. The number of anilines is 1. The van der Waals surface area contributed by atoms with Gasteiger partial charge in [0, 0.05) is 5.69 Å². The normalized spacial score (nSPS) is 11.7. The maximum absolute atomic E-state index is 12.8. The number of halogens is 1. The molecule has 5 nitrogen and oxygen atoms in total. The van der Waals surface area contributed by atoms with Gasteiger partial charge in [0.2, 0.25) is 0 Å². The van der Waals surface area contributed by atoms with E-state index in [0.29, 0.717) is 11.3 Å². The second-order valence-electron chi connectivity index (χ2n) is 3.62. The highest BCUT2D eigenvalue weighted by molar-refractivity contribution is 5.92. The van der Waals surface area contributed by atoms with Crippen molar-refractivity contribution >= 4 is 17.7 Å². The number of carbonyl (C=O) groups is 2. The number of aryl methyl sites for hydroxylation is 1. The number of rotatable bonds is 3. The number of benzene rings is 1. The number of aliphatic carboxylic acids is 1. The van der Waals surface area contributed by atoms with Crippen LogP contribution in [-0.2, 0) is 4.79 Å². The summed E-state index contributed by atoms with van der Waals surface area (Å²) in [6.45, 7) is 2.98. The smallest absolute Gasteiger partial charge is 0.325 e. The summed E-state index contributed by atoms with van der Waals surface area (Å²) < 4.78 is 12.8. The third-order valence-corrected chi connectivity index (χ3v) is 2.15. The standard InChI is InChI=1S/C11H13FN2O3/c1-6-5-8(12)3-4-9(6)14-11(17)13-7(2)10(15)16/h3-5,7H,1-2H3,(H,15,16)(H2,13,14,17)/t7-/m1/s1. The van der Waals surface area contributed by atoms with Gasteiger partial charge in [0.05, 0.1) is 0 Å². The molecule has 1 aromatic rings. The molecule has 1 rings (SSSR count). The number of carbonyl (C=O) groups excluding carboxylic acids is 1. The van der Waals surface area contributed by atoms with Gasteiger partial charge in [0.25, 0.3) is 0 Å². The molecular weight excluding hydrogens is 227 g/mol. The molecule has 0 bridgehead atoms. The van der Waals surface area contributed by atoms with Crippen molar-refractivity contribution in [3.8, 4) is 0 Å². The average molecular weight is 240 g/mol. The topological polar surface area (TPSA) is 78.4 Å². The van der Waals surface area contributed by atoms with Gasteiger partial charge in [0.1, 0.15) is 11.9 Å². The molecule has 0 radical (unpaired) electrons. The zero-order valence-corrected chi connectivity index (χ0v) is 9.45. The molecule has 0 heterocycles. The lowest BCUT2D eigenvalue weighted by Gasteiger charge is -2.12. The molecule has 1 aromatic carbocycles. The van der Waals surface area contributed by atoms with Crippen LogP contribution in [0.4, 0.5) is 14.9 Å². The molecule has 0 unspecified atom stereocenters. The Morgan fingerprint density at radius 1 is 1.41 bits per heavy atom. The largest absolute Gasteiger partial charge is 0.480 e. The SMILES string of the molecule is Cc1cc(F)ccc1NC(=O)N[C@H](C)C(=O)O. The molecule has 6 heteroatoms. The van der Waals surface area contributed by atoms with E-state index < -0.39 is 23.9 Å². The fourth-order valence-electron chi connectivity index (χ4n) is 1.18. The number of hydrogen-bond acceptors (Lipinski definition) is 2. The van der Waals surface area contributed by atoms with Crippen LogP contribution in [-0.4, -0.2) is 23.1 Å². The van der Waals surface area contributed by atoms with Gasteiger partial charge in [-0.05, 0) is 37.6 Å². The molecule has 17 heavy (non-hydrogen) atoms. The van der Waals surface area contributed by atoms with E-state index in [2.05, 4.69) is 10.6 Å². The van der Waals surface area contributed by atoms with Gasteiger partial charge < -0.3 is 15.7 Å². The van der Waals surface area contributed by atoms with Crippen molar-refractivity contribution in [1.29, 1.82) is 0 Å². The van der Waals surface area contributed by atoms with Crippen LogP contribution in [0, 0.1) is 12.7 Å². The van der Waals surface area contributed by atoms with Gasteiger partial charge in [-0.2, -0.15) is 0 Å². The van der Waals surface area contributed by atoms with Crippen molar-refractivity contribution in [3.05, 3.63) is 29.6 Å². The molecule has 0 aliphatic carbocycles. The van der Waals surface area contributed by atoms with Crippen LogP contribution in [0.5, 0.6) is 0 Å². The number of nitrogens with one attached hydrogen (secondary N) is 2. The molecule has 0 saturated heterocycles. The Labute approximate surface area is 97.6 Å². The summed E-state index contributed by atoms with van der Waals surface area (Å²) in [5, 5.41) is 13.3. The van der Waals surface area contributed by atoms with Gasteiger partial charge in [-0.1, -0.05) is 0 Å². The molecule has 0 aliphatic rings. The second-order valence-corrected chi connectivity index (χ2v) is 3.62. The van der Waals surface area contributed by atoms with Gasteiger partial charge in [0.15, 0.2) is 0 Å². The molecule has 1 atom stereocenters. The highest BCUT2D eigenvalue weighted by atomic mass is 19.1. The van der Waals surface area contributed by atoms with Crippen LogP contribution in [0.2, 0.25) is 0 Å². The molecule has 3 N–H and O–H groups in total. The summed E-state index contributed by atoms with van der Waals surface area (Å²) in [6.07, 6.45) is 0. The second kappa shape index (κ2) is 5.29. The first-order valence-electron chi connectivity index (χ1n) is 4.96. The minimum atomic E-state index is -1.13. The fourth-order valence-corrected chi connectivity index (χ4v) is 1.18. The van der Waals surface area contributed by atoms with Gasteiger partial charge in [-0.15, -0.1) is 0 Å². The van der Waals surface area contributed by atoms with E-state index >= 15 is 0 Å². The van der Waals surface area contributed by atoms with E-state index in [1.807, 2.05) is 0 Å². The first-order chi connectivity index (χ1) is 7.90. The fraction of sp³-hybridized carbons (Fsp3) is 0.273. The zero-order valence-electron chi connectivity index (χ0n) is 9.45. The predicted molar refractivity (Wildman–Crippen MR) is 60.4 cm³/mol. The van der Waals surface area contributed by atoms with Gasteiger partial charge in [-0.3, -0.25) is 4.79 Å². The highest BCUT2D eigenvalue weighted by Gasteiger charge is 2.14. The Kier molecular flexibility index (Phi) is 4.03. The summed E-state index contributed by atoms with van der Waals surface area (Å²) in [4.78, 5) is 21.9. The Balaban J connectivity index is 2.65. The lowest BCUT2D eigenvalue weighted by molar-refractivity contribution is -0.138. The molecule has 0 aromatic heterocycles. The minimum absolute atomic E-state index is 0.396. The van der Waals surface area contributed by atoms with Crippen LogP contribution in [0.3, 0.4) is 0 Å². The van der Waals surface area contributed by atoms with Crippen LogP contribution >= 0.6 is 0 Å². The molecule has 0 fully saturated rings. The summed E-state index contributed by atoms with van der Waals surface area (Å²) in [6, 6.07) is 2.26. The molecule has 2 amide bonds. The van der Waals surface area contributed by atoms with Gasteiger partial charge in [-0.25, -0.2) is 9.18 Å². The van der Waals surface area contributed by atoms with Crippen molar-refractivity contribution in [1.82, 2.24) is 5.32 Å². The summed E-state index contributed by atoms with van der Waals surface area (Å²) in [5.41, 5.74) is 0.990. The van der Waals surface area contributed by atoms with Crippen LogP contribution in [0.25, 0.3) is 0 Å². The Morgan fingerprint density at radius 3 is 2.59 bits per heavy atom. The van der Waals surface area contributed by atoms with E-state index in [4.69, 9.17) is 5.11 Å². The van der Waals surface area contributed by atoms with E-state index in [0.717, 1.165) is 0 Å². The Morgan fingerprint density at radius 2 is 2.06 bits per heavy atom. The van der Waals surface area contributed by atoms with Crippen molar-refractivity contribution in [2.24, 2.45) is 0 Å². The lowest BCUT2D eigenvalue weighted by atomic mass is 10.2. The van der Waals surface area contributed by atoms with Crippen molar-refractivity contribution in [2.75, 3.05) is 5.32 Å². The summed E-state index contributed by atoms with van der Waals surface area (Å²) in [5.74, 6) is -1.52. The van der Waals surface area contributed by atoms with Crippen LogP contribution in [0.1, 0.15) is 12.5 Å². The predicted octanol–water partition coefficient (Wildman–Crippen LogP) is 1.73. The van der Waals surface area contributed by atoms with E-state index in [9.17, 15) is 14.0 Å². The quantitative estimate of drug-likeness (QED) is 0.752. The Bertz CT molecular complexity index is 448. The average Bonchev–Trinajstić information content (AvgIpc) is 2.22. The maximum atomic E-state index is 12.8. The third-order valence-electron chi connectivity index (χ3n) is 2.15. The van der Waals surface area contributed by atoms with Crippen LogP contribution in [0.15, 0.2) is 18.2 Å². The molecule has 0 saturated carbocycles. The van der Waals surface area contributed by atoms with Crippen molar-refractivity contribution < 1.29 is 19.1 Å². The maximum Gasteiger partial charge on any atom is 0.325 e. The third kappa shape index (κ3) is 3.75. The summed E-state index contributed by atoms with van der Waals surface area (Å²) in [7, 11) is 0. The number of hydrogen-bond donors (Lipinski definition) is 3. The highest BCUT2D eigenvalue weighted by Crippen LogP contribution is 2.15. The van der Waals surface area contributed by atoms with Crippen LogP contribution < -0.4 is 10.6 Å². The van der Waals surface area contributed by atoms with Gasteiger partial charge >= 0.3 is 12.0 Å². The van der Waals surface area contributed by atoms with E-state index in [1.165, 1.54) is 25.1 Å². The molecule has 92 valence electrons. The minimum Gasteiger partial charge on any atom is -0.480 e.